The third kappa shape index (κ3) is 6.58. The Morgan fingerprint density at radius 1 is 1.41 bits per heavy atom. The lowest BCUT2D eigenvalue weighted by molar-refractivity contribution is -0.115. The van der Waals surface area contributed by atoms with Gasteiger partial charge in [-0.25, -0.2) is 8.78 Å². The molecule has 2 N–H and O–H groups in total. The Labute approximate surface area is 135 Å². The van der Waals surface area contributed by atoms with Gasteiger partial charge in [-0.05, 0) is 43.9 Å². The molecular weight excluding hydrogens is 314 g/mol. The minimum Gasteiger partial charge on any atom is -0.487 e. The van der Waals surface area contributed by atoms with Gasteiger partial charge in [-0.1, -0.05) is 6.07 Å². The summed E-state index contributed by atoms with van der Waals surface area (Å²) in [5.41, 5.74) is 1.29. The van der Waals surface area contributed by atoms with E-state index in [9.17, 15) is 13.6 Å². The predicted molar refractivity (Wildman–Crippen MR) is 84.1 cm³/mol. The maximum absolute atomic E-state index is 12.2. The molecule has 1 amide bonds. The summed E-state index contributed by atoms with van der Waals surface area (Å²) in [6, 6.07) is 5.02. The molecule has 0 bridgehead atoms. The fraction of sp³-hybridized carbons (Fsp3) is 0.533. The second-order valence-corrected chi connectivity index (χ2v) is 5.30. The molecule has 0 saturated heterocycles. The van der Waals surface area contributed by atoms with Crippen LogP contribution in [-0.2, 0) is 4.79 Å². The number of anilines is 1. The number of rotatable bonds is 8. The fourth-order valence-corrected chi connectivity index (χ4v) is 1.90. The van der Waals surface area contributed by atoms with Gasteiger partial charge in [-0.2, -0.15) is 0 Å². The van der Waals surface area contributed by atoms with E-state index in [4.69, 9.17) is 4.74 Å². The first-order chi connectivity index (χ1) is 10.0. The average Bonchev–Trinajstić information content (AvgIpc) is 3.23. The summed E-state index contributed by atoms with van der Waals surface area (Å²) in [6.45, 7) is 2.23. The highest BCUT2D eigenvalue weighted by Gasteiger charge is 2.20. The van der Waals surface area contributed by atoms with Gasteiger partial charge in [0.05, 0.1) is 6.54 Å². The summed E-state index contributed by atoms with van der Waals surface area (Å²) in [5, 5.41) is 5.81. The Morgan fingerprint density at radius 3 is 2.77 bits per heavy atom. The topological polar surface area (TPSA) is 50.4 Å². The number of nitrogens with one attached hydrogen (secondary N) is 2. The second kappa shape index (κ2) is 8.90. The molecular formula is C15H21ClF2N2O2. The summed E-state index contributed by atoms with van der Waals surface area (Å²) in [4.78, 5) is 11.7. The van der Waals surface area contributed by atoms with E-state index in [1.54, 1.807) is 25.1 Å². The smallest absolute Gasteiger partial charge is 0.272 e. The molecule has 1 saturated carbocycles. The highest BCUT2D eigenvalue weighted by molar-refractivity contribution is 5.92. The molecule has 0 heterocycles. The van der Waals surface area contributed by atoms with Gasteiger partial charge in [0.2, 0.25) is 5.91 Å². The number of amides is 1. The lowest BCUT2D eigenvalue weighted by Gasteiger charge is -2.12. The molecule has 124 valence electrons. The normalized spacial score (nSPS) is 13.6. The number of carbonyl (C=O) groups is 1. The molecule has 0 atom stereocenters. The van der Waals surface area contributed by atoms with Crippen molar-refractivity contribution in [1.82, 2.24) is 5.32 Å². The Hall–Kier alpha value is -1.40. The van der Waals surface area contributed by atoms with Gasteiger partial charge >= 0.3 is 0 Å². The molecule has 22 heavy (non-hydrogen) atoms. The second-order valence-electron chi connectivity index (χ2n) is 5.30. The standard InChI is InChI=1S/C15H20F2N2O2.ClH/c1-10-2-5-12(6-13(10)21-9-14(16)17)19-15(20)8-18-7-11-3-4-11;/h2,5-6,11,14,18H,3-4,7-9H2,1H3,(H,19,20);1H. The van der Waals surface area contributed by atoms with Crippen molar-refractivity contribution in [1.29, 1.82) is 0 Å². The van der Waals surface area contributed by atoms with Gasteiger partial charge in [0.1, 0.15) is 12.4 Å². The van der Waals surface area contributed by atoms with Crippen LogP contribution in [0.4, 0.5) is 14.5 Å². The molecule has 0 aromatic heterocycles. The Bertz CT molecular complexity index is 496. The molecule has 7 heteroatoms. The molecule has 1 aliphatic rings. The van der Waals surface area contributed by atoms with Crippen molar-refractivity contribution in [2.45, 2.75) is 26.2 Å². The molecule has 2 rings (SSSR count). The molecule has 0 aliphatic heterocycles. The maximum Gasteiger partial charge on any atom is 0.272 e. The molecule has 4 nitrogen and oxygen atoms in total. The molecule has 0 spiro atoms. The van der Waals surface area contributed by atoms with E-state index in [2.05, 4.69) is 10.6 Å². The van der Waals surface area contributed by atoms with Gasteiger partial charge in [-0.15, -0.1) is 12.4 Å². The first-order valence-electron chi connectivity index (χ1n) is 7.07. The van der Waals surface area contributed by atoms with Crippen molar-refractivity contribution in [3.05, 3.63) is 23.8 Å². The average molecular weight is 335 g/mol. The van der Waals surface area contributed by atoms with Gasteiger partial charge in [0.15, 0.2) is 0 Å². The van der Waals surface area contributed by atoms with Crippen LogP contribution < -0.4 is 15.4 Å². The van der Waals surface area contributed by atoms with Gasteiger partial charge < -0.3 is 15.4 Å². The van der Waals surface area contributed by atoms with Crippen LogP contribution in [0, 0.1) is 12.8 Å². The number of ether oxygens (including phenoxy) is 1. The summed E-state index contributed by atoms with van der Waals surface area (Å²) < 4.78 is 29.4. The maximum atomic E-state index is 12.2. The summed E-state index contributed by atoms with van der Waals surface area (Å²) in [5.74, 6) is 0.921. The number of carbonyl (C=O) groups excluding carboxylic acids is 1. The number of hydrogen-bond donors (Lipinski definition) is 2. The van der Waals surface area contributed by atoms with Crippen LogP contribution in [0.25, 0.3) is 0 Å². The number of aryl methyl sites for hydroxylation is 1. The van der Waals surface area contributed by atoms with Crippen molar-refractivity contribution < 1.29 is 18.3 Å². The first-order valence-corrected chi connectivity index (χ1v) is 7.07. The predicted octanol–water partition coefficient (Wildman–Crippen LogP) is 3.00. The zero-order valence-corrected chi connectivity index (χ0v) is 13.2. The third-order valence-electron chi connectivity index (χ3n) is 3.25. The fourth-order valence-electron chi connectivity index (χ4n) is 1.90. The zero-order valence-electron chi connectivity index (χ0n) is 12.4. The number of halogens is 3. The van der Waals surface area contributed by atoms with Crippen LogP contribution in [-0.4, -0.2) is 32.0 Å². The summed E-state index contributed by atoms with van der Waals surface area (Å²) >= 11 is 0. The minimum atomic E-state index is -2.52. The summed E-state index contributed by atoms with van der Waals surface area (Å²) in [6.07, 6.45) is -0.0521. The largest absolute Gasteiger partial charge is 0.487 e. The van der Waals surface area contributed by atoms with Crippen molar-refractivity contribution in [3.8, 4) is 5.75 Å². The molecule has 0 unspecified atom stereocenters. The minimum absolute atomic E-state index is 0. The monoisotopic (exact) mass is 334 g/mol. The van der Waals surface area contributed by atoms with E-state index in [0.717, 1.165) is 12.1 Å². The van der Waals surface area contributed by atoms with Gasteiger partial charge in [-0.3, -0.25) is 4.79 Å². The van der Waals surface area contributed by atoms with Crippen LogP contribution >= 0.6 is 12.4 Å². The Morgan fingerprint density at radius 2 is 2.14 bits per heavy atom. The Balaban J connectivity index is 0.00000242. The zero-order chi connectivity index (χ0) is 15.2. The van der Waals surface area contributed by atoms with Crippen LogP contribution in [0.2, 0.25) is 0 Å². The highest BCUT2D eigenvalue weighted by Crippen LogP contribution is 2.27. The Kier molecular flexibility index (Phi) is 7.55. The lowest BCUT2D eigenvalue weighted by atomic mass is 10.2. The molecule has 0 radical (unpaired) electrons. The van der Waals surface area contributed by atoms with Gasteiger partial charge in [0.25, 0.3) is 6.43 Å². The van der Waals surface area contributed by atoms with Crippen LogP contribution in [0.1, 0.15) is 18.4 Å². The van der Waals surface area contributed by atoms with Gasteiger partial charge in [0, 0.05) is 11.8 Å². The quantitative estimate of drug-likeness (QED) is 0.768. The number of hydrogen-bond acceptors (Lipinski definition) is 3. The van der Waals surface area contributed by atoms with Crippen LogP contribution in [0.3, 0.4) is 0 Å². The van der Waals surface area contributed by atoms with Crippen molar-refractivity contribution in [2.75, 3.05) is 25.0 Å². The van der Waals surface area contributed by atoms with E-state index in [0.29, 0.717) is 17.4 Å². The molecule has 1 aromatic rings. The molecule has 1 aromatic carbocycles. The molecule has 1 aliphatic carbocycles. The van der Waals surface area contributed by atoms with E-state index in [1.165, 1.54) is 12.8 Å². The SMILES string of the molecule is Cc1ccc(NC(=O)CNCC2CC2)cc1OCC(F)F.Cl. The lowest BCUT2D eigenvalue weighted by Crippen LogP contribution is -2.29. The number of benzene rings is 1. The molecule has 1 fully saturated rings. The highest BCUT2D eigenvalue weighted by atomic mass is 35.5. The first kappa shape index (κ1) is 18.6. The van der Waals surface area contributed by atoms with E-state index in [-0.39, 0.29) is 24.9 Å². The van der Waals surface area contributed by atoms with Crippen LogP contribution in [0.5, 0.6) is 5.75 Å². The van der Waals surface area contributed by atoms with Crippen molar-refractivity contribution in [3.63, 3.8) is 0 Å². The third-order valence-corrected chi connectivity index (χ3v) is 3.25. The van der Waals surface area contributed by atoms with Crippen molar-refractivity contribution in [2.24, 2.45) is 5.92 Å². The number of alkyl halides is 2. The van der Waals surface area contributed by atoms with Crippen molar-refractivity contribution >= 4 is 24.0 Å². The van der Waals surface area contributed by atoms with E-state index < -0.39 is 13.0 Å². The van der Waals surface area contributed by atoms with E-state index >= 15 is 0 Å². The summed E-state index contributed by atoms with van der Waals surface area (Å²) in [7, 11) is 0. The van der Waals surface area contributed by atoms with Crippen LogP contribution in [0.15, 0.2) is 18.2 Å². The van der Waals surface area contributed by atoms with E-state index in [1.807, 2.05) is 0 Å².